The number of halogens is 2. The van der Waals surface area contributed by atoms with Crippen molar-refractivity contribution in [2.45, 2.75) is 12.8 Å². The lowest BCUT2D eigenvalue weighted by atomic mass is 10.3. The Balaban J connectivity index is 4.41. The van der Waals surface area contributed by atoms with E-state index in [0.717, 1.165) is 0 Å². The number of alkyl halides is 1. The molecule has 0 aromatic heterocycles. The van der Waals surface area contributed by atoms with Crippen molar-refractivity contribution in [3.63, 3.8) is 0 Å². The zero-order valence-corrected chi connectivity index (χ0v) is 7.84. The standard InChI is InChI=1S/C5H6Cl2O3S/c6-3-1-2-4(5(7)8)11(9)10/h1-3H2. The number of carbonyl (C=O) groups excluding carboxylic acids is 1. The molecule has 6 heteroatoms. The topological polar surface area (TPSA) is 51.2 Å². The number of rotatable bonds is 4. The van der Waals surface area contributed by atoms with Crippen LogP contribution >= 0.6 is 23.2 Å². The van der Waals surface area contributed by atoms with Gasteiger partial charge in [0.15, 0.2) is 0 Å². The third-order valence-electron chi connectivity index (χ3n) is 0.958. The molecule has 0 radical (unpaired) electrons. The van der Waals surface area contributed by atoms with Crippen molar-refractivity contribution in [3.05, 3.63) is 0 Å². The maximum Gasteiger partial charge on any atom is 0.263 e. The molecular weight excluding hydrogens is 211 g/mol. The second-order valence-corrected chi connectivity index (χ2v) is 3.41. The first-order chi connectivity index (χ1) is 5.09. The molecule has 0 aromatic carbocycles. The maximum absolute atomic E-state index is 10.4. The highest BCUT2D eigenvalue weighted by atomic mass is 35.5. The average Bonchev–Trinajstić information content (AvgIpc) is 1.87. The Morgan fingerprint density at radius 2 is 1.91 bits per heavy atom. The van der Waals surface area contributed by atoms with Gasteiger partial charge in [-0.25, -0.2) is 0 Å². The van der Waals surface area contributed by atoms with Crippen LogP contribution in [0.2, 0.25) is 0 Å². The van der Waals surface area contributed by atoms with E-state index in [1.807, 2.05) is 0 Å². The largest absolute Gasteiger partial charge is 0.275 e. The molecule has 0 heterocycles. The lowest BCUT2D eigenvalue weighted by molar-refractivity contribution is -0.106. The molecule has 64 valence electrons. The molecule has 0 bridgehead atoms. The lowest BCUT2D eigenvalue weighted by Gasteiger charge is -1.91. The van der Waals surface area contributed by atoms with Gasteiger partial charge in [0.2, 0.25) is 10.3 Å². The molecule has 3 nitrogen and oxygen atoms in total. The van der Waals surface area contributed by atoms with Crippen LogP contribution in [0.25, 0.3) is 0 Å². The van der Waals surface area contributed by atoms with Gasteiger partial charge in [-0.2, -0.15) is 8.42 Å². The van der Waals surface area contributed by atoms with Crippen LogP contribution in [0.4, 0.5) is 0 Å². The Bertz CT molecular complexity index is 259. The molecule has 0 spiro atoms. The van der Waals surface area contributed by atoms with Crippen molar-refractivity contribution in [3.8, 4) is 0 Å². The van der Waals surface area contributed by atoms with Crippen LogP contribution in [0.5, 0.6) is 0 Å². The van der Waals surface area contributed by atoms with Crippen molar-refractivity contribution < 1.29 is 13.2 Å². The van der Waals surface area contributed by atoms with E-state index in [-0.39, 0.29) is 11.3 Å². The summed E-state index contributed by atoms with van der Waals surface area (Å²) < 4.78 is 20.5. The number of hydrogen-bond donors (Lipinski definition) is 0. The van der Waals surface area contributed by atoms with E-state index in [9.17, 15) is 13.2 Å². The third-order valence-corrected chi connectivity index (χ3v) is 2.36. The summed E-state index contributed by atoms with van der Waals surface area (Å²) in [5, 5.41) is -0.927. The Kier molecular flexibility index (Phi) is 5.54. The van der Waals surface area contributed by atoms with Gasteiger partial charge in [-0.3, -0.25) is 4.79 Å². The summed E-state index contributed by atoms with van der Waals surface area (Å²) in [6.45, 7) is 0. The Labute approximate surface area is 75.8 Å². The van der Waals surface area contributed by atoms with E-state index in [1.165, 1.54) is 0 Å². The van der Waals surface area contributed by atoms with Crippen molar-refractivity contribution >= 4 is 43.6 Å². The van der Waals surface area contributed by atoms with Gasteiger partial charge in [-0.15, -0.1) is 11.6 Å². The smallest absolute Gasteiger partial charge is 0.263 e. The Morgan fingerprint density at radius 3 is 2.18 bits per heavy atom. The lowest BCUT2D eigenvalue weighted by Crippen LogP contribution is -2.08. The highest BCUT2D eigenvalue weighted by molar-refractivity contribution is 7.75. The van der Waals surface area contributed by atoms with Gasteiger partial charge >= 0.3 is 0 Å². The fourth-order valence-corrected chi connectivity index (χ4v) is 1.33. The van der Waals surface area contributed by atoms with Crippen LogP contribution in [0.15, 0.2) is 0 Å². The summed E-state index contributed by atoms with van der Waals surface area (Å²) in [7, 11) is -2.51. The molecule has 0 fully saturated rings. The van der Waals surface area contributed by atoms with E-state index >= 15 is 0 Å². The van der Waals surface area contributed by atoms with Gasteiger partial charge in [-0.05, 0) is 24.4 Å². The molecule has 0 aromatic rings. The molecule has 0 aliphatic heterocycles. The van der Waals surface area contributed by atoms with Gasteiger partial charge in [0.25, 0.3) is 5.24 Å². The molecule has 0 atom stereocenters. The van der Waals surface area contributed by atoms with Gasteiger partial charge in [0.1, 0.15) is 4.86 Å². The molecule has 0 aliphatic carbocycles. The summed E-state index contributed by atoms with van der Waals surface area (Å²) in [6.07, 6.45) is 0.547. The summed E-state index contributed by atoms with van der Waals surface area (Å²) >= 11 is 10.2. The van der Waals surface area contributed by atoms with E-state index in [4.69, 9.17) is 23.2 Å². The highest BCUT2D eigenvalue weighted by Crippen LogP contribution is 1.97. The monoisotopic (exact) mass is 216 g/mol. The molecule has 0 saturated carbocycles. The van der Waals surface area contributed by atoms with E-state index in [0.29, 0.717) is 12.3 Å². The minimum absolute atomic E-state index is 0.113. The van der Waals surface area contributed by atoms with Crippen LogP contribution in [0.1, 0.15) is 12.8 Å². The first-order valence-corrected chi connectivity index (χ1v) is 4.79. The highest BCUT2D eigenvalue weighted by Gasteiger charge is 2.08. The first-order valence-electron chi connectivity index (χ1n) is 2.80. The summed E-state index contributed by atoms with van der Waals surface area (Å²) in [5.74, 6) is 0.310. The predicted molar refractivity (Wildman–Crippen MR) is 44.7 cm³/mol. The van der Waals surface area contributed by atoms with Crippen molar-refractivity contribution in [1.29, 1.82) is 0 Å². The third kappa shape index (κ3) is 4.40. The SMILES string of the molecule is O=C(Cl)C(CCCCl)=S(=O)=O. The van der Waals surface area contributed by atoms with E-state index in [1.54, 1.807) is 0 Å². The molecule has 0 saturated heterocycles. The fraction of sp³-hybridized carbons (Fsp3) is 0.600. The average molecular weight is 217 g/mol. The molecular formula is C5H6Cl2O3S. The van der Waals surface area contributed by atoms with Gasteiger partial charge in [0, 0.05) is 5.88 Å². The van der Waals surface area contributed by atoms with Crippen LogP contribution in [-0.4, -0.2) is 24.4 Å². The van der Waals surface area contributed by atoms with Crippen molar-refractivity contribution in [2.24, 2.45) is 0 Å². The molecule has 0 N–H and O–H groups in total. The number of carbonyl (C=O) groups is 1. The quantitative estimate of drug-likeness (QED) is 0.398. The molecule has 0 aliphatic rings. The molecule has 0 amide bonds. The summed E-state index contributed by atoms with van der Waals surface area (Å²) in [4.78, 5) is 10.1. The Morgan fingerprint density at radius 1 is 1.36 bits per heavy atom. The first kappa shape index (κ1) is 10.9. The second-order valence-electron chi connectivity index (χ2n) is 1.72. The van der Waals surface area contributed by atoms with Gasteiger partial charge in [-0.1, -0.05) is 0 Å². The van der Waals surface area contributed by atoms with Gasteiger partial charge in [0.05, 0.1) is 0 Å². The minimum Gasteiger partial charge on any atom is -0.275 e. The van der Waals surface area contributed by atoms with Crippen LogP contribution in [0.3, 0.4) is 0 Å². The van der Waals surface area contributed by atoms with Crippen LogP contribution < -0.4 is 0 Å². The van der Waals surface area contributed by atoms with Crippen LogP contribution in [0, 0.1) is 0 Å². The van der Waals surface area contributed by atoms with E-state index < -0.39 is 15.5 Å². The summed E-state index contributed by atoms with van der Waals surface area (Å²) in [5.41, 5.74) is 0. The molecule has 11 heavy (non-hydrogen) atoms. The minimum atomic E-state index is -2.51. The van der Waals surface area contributed by atoms with Crippen LogP contribution in [-0.2, 0) is 15.1 Å². The summed E-state index contributed by atoms with van der Waals surface area (Å²) in [6, 6.07) is 0. The predicted octanol–water partition coefficient (Wildman–Crippen LogP) is 0.822. The number of hydrogen-bond acceptors (Lipinski definition) is 3. The van der Waals surface area contributed by atoms with Crippen molar-refractivity contribution in [2.75, 3.05) is 5.88 Å². The normalized spacial score (nSPS) is 9.27. The maximum atomic E-state index is 10.4. The second kappa shape index (κ2) is 5.57. The van der Waals surface area contributed by atoms with E-state index in [2.05, 4.69) is 0 Å². The molecule has 0 unspecified atom stereocenters. The van der Waals surface area contributed by atoms with Crippen molar-refractivity contribution in [1.82, 2.24) is 0 Å². The Hall–Kier alpha value is -0.0600. The molecule has 0 rings (SSSR count). The van der Waals surface area contributed by atoms with Gasteiger partial charge < -0.3 is 0 Å². The zero-order valence-electron chi connectivity index (χ0n) is 5.51. The zero-order chi connectivity index (χ0) is 8.85. The fourth-order valence-electron chi connectivity index (χ4n) is 0.475.